The molecular weight excluding hydrogens is 314 g/mol. The Hall–Kier alpha value is -1.46. The number of hydrogen-bond acceptors (Lipinski definition) is 4. The Kier molecular flexibility index (Phi) is 4.91. The van der Waals surface area contributed by atoms with Crippen molar-refractivity contribution in [1.82, 2.24) is 14.8 Å². The zero-order chi connectivity index (χ0) is 18.2. The number of hydrogen-bond donors (Lipinski definition) is 0. The summed E-state index contributed by atoms with van der Waals surface area (Å²) < 4.78 is 6.40. The van der Waals surface area contributed by atoms with Gasteiger partial charge in [0.05, 0.1) is 23.7 Å². The third-order valence-electron chi connectivity index (χ3n) is 5.82. The molecule has 0 aliphatic carbocycles. The lowest BCUT2D eigenvalue weighted by atomic mass is 9.82. The number of likely N-dealkylation sites (tertiary alicyclic amines) is 1. The molecule has 3 rings (SSSR count). The van der Waals surface area contributed by atoms with Crippen LogP contribution in [0.1, 0.15) is 50.7 Å². The van der Waals surface area contributed by atoms with Gasteiger partial charge in [-0.2, -0.15) is 0 Å². The SMILES string of the molecule is Cc1cnccc1CN1CCC[C@]12CC(C)(C)O[C@H]2CC(=O)N(C)C. The first-order chi connectivity index (χ1) is 11.7. The minimum absolute atomic E-state index is 0.0368. The molecule has 1 amide bonds. The van der Waals surface area contributed by atoms with Crippen LogP contribution < -0.4 is 0 Å². The molecule has 0 unspecified atom stereocenters. The Balaban J connectivity index is 1.87. The van der Waals surface area contributed by atoms with Crippen molar-refractivity contribution in [2.24, 2.45) is 0 Å². The van der Waals surface area contributed by atoms with Crippen LogP contribution >= 0.6 is 0 Å². The lowest BCUT2D eigenvalue weighted by molar-refractivity contribution is -0.134. The van der Waals surface area contributed by atoms with Crippen LogP contribution in [0.4, 0.5) is 0 Å². The van der Waals surface area contributed by atoms with Crippen LogP contribution in [-0.2, 0) is 16.1 Å². The zero-order valence-electron chi connectivity index (χ0n) is 16.2. The fraction of sp³-hybridized carbons (Fsp3) is 0.700. The van der Waals surface area contributed by atoms with Crippen LogP contribution in [0.3, 0.4) is 0 Å². The largest absolute Gasteiger partial charge is 0.370 e. The van der Waals surface area contributed by atoms with Crippen molar-refractivity contribution in [3.8, 4) is 0 Å². The quantitative estimate of drug-likeness (QED) is 0.842. The van der Waals surface area contributed by atoms with Crippen molar-refractivity contribution < 1.29 is 9.53 Å². The molecule has 0 aromatic carbocycles. The number of pyridine rings is 1. The molecule has 2 aliphatic heterocycles. The highest BCUT2D eigenvalue weighted by Gasteiger charge is 2.57. The molecule has 0 bridgehead atoms. The van der Waals surface area contributed by atoms with E-state index >= 15 is 0 Å². The monoisotopic (exact) mass is 345 g/mol. The van der Waals surface area contributed by atoms with Gasteiger partial charge < -0.3 is 9.64 Å². The number of rotatable bonds is 4. The van der Waals surface area contributed by atoms with E-state index in [0.29, 0.717) is 6.42 Å². The van der Waals surface area contributed by atoms with Crippen molar-refractivity contribution in [3.63, 3.8) is 0 Å². The van der Waals surface area contributed by atoms with Gasteiger partial charge in [0.1, 0.15) is 0 Å². The average molecular weight is 345 g/mol. The molecule has 3 heterocycles. The summed E-state index contributed by atoms with van der Waals surface area (Å²) in [7, 11) is 3.64. The van der Waals surface area contributed by atoms with Crippen molar-refractivity contribution in [2.45, 2.75) is 70.2 Å². The first-order valence-corrected chi connectivity index (χ1v) is 9.26. The third-order valence-corrected chi connectivity index (χ3v) is 5.82. The maximum atomic E-state index is 12.4. The average Bonchev–Trinajstić information content (AvgIpc) is 3.02. The molecule has 2 atom stereocenters. The number of aromatic nitrogens is 1. The molecule has 0 N–H and O–H groups in total. The van der Waals surface area contributed by atoms with E-state index < -0.39 is 0 Å². The summed E-state index contributed by atoms with van der Waals surface area (Å²) in [5, 5.41) is 0. The molecule has 5 nitrogen and oxygen atoms in total. The van der Waals surface area contributed by atoms with Gasteiger partial charge in [-0.15, -0.1) is 0 Å². The summed E-state index contributed by atoms with van der Waals surface area (Å²) >= 11 is 0. The van der Waals surface area contributed by atoms with E-state index in [2.05, 4.69) is 36.7 Å². The summed E-state index contributed by atoms with van der Waals surface area (Å²) in [6.07, 6.45) is 7.47. The van der Waals surface area contributed by atoms with Crippen molar-refractivity contribution in [1.29, 1.82) is 0 Å². The molecular formula is C20H31N3O2. The summed E-state index contributed by atoms with van der Waals surface area (Å²) in [6, 6.07) is 2.11. The maximum absolute atomic E-state index is 12.4. The van der Waals surface area contributed by atoms with Crippen LogP contribution in [0.15, 0.2) is 18.5 Å². The van der Waals surface area contributed by atoms with Gasteiger partial charge in [-0.3, -0.25) is 14.7 Å². The number of ether oxygens (including phenoxy) is 1. The van der Waals surface area contributed by atoms with Gasteiger partial charge in [0.25, 0.3) is 0 Å². The van der Waals surface area contributed by atoms with Crippen LogP contribution in [0.25, 0.3) is 0 Å². The molecule has 25 heavy (non-hydrogen) atoms. The van der Waals surface area contributed by atoms with E-state index in [4.69, 9.17) is 4.74 Å². The highest BCUT2D eigenvalue weighted by atomic mass is 16.5. The molecule has 0 radical (unpaired) electrons. The number of aryl methyl sites for hydroxylation is 1. The summed E-state index contributed by atoms with van der Waals surface area (Å²) in [5.74, 6) is 0.147. The van der Waals surface area contributed by atoms with Gasteiger partial charge in [-0.1, -0.05) is 0 Å². The predicted octanol–water partition coefficient (Wildman–Crippen LogP) is 2.77. The van der Waals surface area contributed by atoms with Gasteiger partial charge in [-0.25, -0.2) is 0 Å². The van der Waals surface area contributed by atoms with Gasteiger partial charge >= 0.3 is 0 Å². The molecule has 1 aromatic heterocycles. The topological polar surface area (TPSA) is 45.7 Å². The molecule has 1 aromatic rings. The van der Waals surface area contributed by atoms with Crippen LogP contribution in [0, 0.1) is 6.92 Å². The first-order valence-electron chi connectivity index (χ1n) is 9.26. The molecule has 1 spiro atoms. The predicted molar refractivity (Wildman–Crippen MR) is 98.2 cm³/mol. The van der Waals surface area contributed by atoms with E-state index in [1.807, 2.05) is 26.5 Å². The van der Waals surface area contributed by atoms with E-state index in [0.717, 1.165) is 32.4 Å². The third kappa shape index (κ3) is 3.58. The fourth-order valence-corrected chi connectivity index (χ4v) is 4.60. The Labute approximate surface area is 151 Å². The van der Waals surface area contributed by atoms with Crippen LogP contribution in [-0.4, -0.2) is 58.6 Å². The minimum Gasteiger partial charge on any atom is -0.370 e. The summed E-state index contributed by atoms with van der Waals surface area (Å²) in [4.78, 5) is 20.8. The van der Waals surface area contributed by atoms with Gasteiger partial charge in [-0.05, 0) is 63.8 Å². The number of carbonyl (C=O) groups is 1. The highest BCUT2D eigenvalue weighted by Crippen LogP contribution is 2.49. The number of nitrogens with zero attached hydrogens (tertiary/aromatic N) is 3. The standard InChI is InChI=1S/C20H31N3O2/c1-15-12-21-9-7-16(15)13-23-10-6-8-20(23)14-19(2,3)25-17(20)11-18(24)22(4)5/h7,9,12,17H,6,8,10-11,13-14H2,1-5H3/t17-,20+/m0/s1. The summed E-state index contributed by atoms with van der Waals surface area (Å²) in [5.41, 5.74) is 2.32. The van der Waals surface area contributed by atoms with Crippen molar-refractivity contribution in [2.75, 3.05) is 20.6 Å². The molecule has 2 aliphatic rings. The molecule has 5 heteroatoms. The fourth-order valence-electron chi connectivity index (χ4n) is 4.60. The Morgan fingerprint density at radius 1 is 1.44 bits per heavy atom. The van der Waals surface area contributed by atoms with Gasteiger partial charge in [0.15, 0.2) is 0 Å². The first kappa shape index (κ1) is 18.3. The summed E-state index contributed by atoms with van der Waals surface area (Å²) in [6.45, 7) is 8.40. The zero-order valence-corrected chi connectivity index (χ0v) is 16.2. The molecule has 2 saturated heterocycles. The second kappa shape index (κ2) is 6.69. The van der Waals surface area contributed by atoms with E-state index in [1.54, 1.807) is 4.90 Å². The molecule has 2 fully saturated rings. The molecule has 0 saturated carbocycles. The highest BCUT2D eigenvalue weighted by molar-refractivity contribution is 5.76. The lowest BCUT2D eigenvalue weighted by Crippen LogP contribution is -2.51. The number of carbonyl (C=O) groups excluding carboxylic acids is 1. The van der Waals surface area contributed by atoms with Crippen molar-refractivity contribution in [3.05, 3.63) is 29.6 Å². The number of amides is 1. The Morgan fingerprint density at radius 2 is 2.20 bits per heavy atom. The maximum Gasteiger partial charge on any atom is 0.224 e. The van der Waals surface area contributed by atoms with Gasteiger partial charge in [0, 0.05) is 33.0 Å². The Morgan fingerprint density at radius 3 is 2.88 bits per heavy atom. The van der Waals surface area contributed by atoms with Crippen molar-refractivity contribution >= 4 is 5.91 Å². The van der Waals surface area contributed by atoms with Gasteiger partial charge in [0.2, 0.25) is 5.91 Å². The van der Waals surface area contributed by atoms with E-state index in [1.165, 1.54) is 11.1 Å². The van der Waals surface area contributed by atoms with Crippen LogP contribution in [0.5, 0.6) is 0 Å². The van der Waals surface area contributed by atoms with Crippen LogP contribution in [0.2, 0.25) is 0 Å². The Bertz CT molecular complexity index is 644. The second-order valence-electron chi connectivity index (χ2n) is 8.47. The van der Waals surface area contributed by atoms with E-state index in [-0.39, 0.29) is 23.2 Å². The second-order valence-corrected chi connectivity index (χ2v) is 8.47. The minimum atomic E-state index is -0.187. The smallest absolute Gasteiger partial charge is 0.224 e. The normalized spacial score (nSPS) is 28.6. The molecule has 138 valence electrons. The van der Waals surface area contributed by atoms with E-state index in [9.17, 15) is 4.79 Å². The lowest BCUT2D eigenvalue weighted by Gasteiger charge is -2.39.